The summed E-state index contributed by atoms with van der Waals surface area (Å²) in [6.07, 6.45) is -2.71. The molecule has 3 heterocycles. The molecule has 3 rings (SSSR count). The lowest BCUT2D eigenvalue weighted by atomic mass is 10.1. The van der Waals surface area contributed by atoms with Gasteiger partial charge in [-0.05, 0) is 20.3 Å². The number of guanidine groups is 1. The summed E-state index contributed by atoms with van der Waals surface area (Å²) < 4.78 is 39.8. The number of hydrogen-bond acceptors (Lipinski definition) is 5. The predicted octanol–water partition coefficient (Wildman–Crippen LogP) is 2.13. The summed E-state index contributed by atoms with van der Waals surface area (Å²) in [7, 11) is 0. The molecule has 26 heavy (non-hydrogen) atoms. The SMILES string of the molecule is CCNC(=NCc1nc(C(F)(F)F)cs1)NC1CCc2nc(C)nn2C1. The van der Waals surface area contributed by atoms with Crippen molar-refractivity contribution in [2.24, 2.45) is 4.99 Å². The maximum atomic E-state index is 12.6. The van der Waals surface area contributed by atoms with E-state index in [4.69, 9.17) is 0 Å². The Kier molecular flexibility index (Phi) is 5.44. The van der Waals surface area contributed by atoms with Crippen LogP contribution in [0.3, 0.4) is 0 Å². The highest BCUT2D eigenvalue weighted by atomic mass is 32.1. The highest BCUT2D eigenvalue weighted by molar-refractivity contribution is 7.09. The molecule has 7 nitrogen and oxygen atoms in total. The Morgan fingerprint density at radius 3 is 2.92 bits per heavy atom. The van der Waals surface area contributed by atoms with Crippen LogP contribution in [0.25, 0.3) is 0 Å². The molecule has 0 saturated heterocycles. The second-order valence-electron chi connectivity index (χ2n) is 5.96. The lowest BCUT2D eigenvalue weighted by Crippen LogP contribution is -2.47. The number of halogens is 3. The van der Waals surface area contributed by atoms with Crippen LogP contribution in [0, 0.1) is 6.92 Å². The number of aromatic nitrogens is 4. The molecule has 0 bridgehead atoms. The van der Waals surface area contributed by atoms with Gasteiger partial charge in [-0.1, -0.05) is 0 Å². The molecule has 0 radical (unpaired) electrons. The minimum atomic E-state index is -4.42. The van der Waals surface area contributed by atoms with Gasteiger partial charge in [-0.2, -0.15) is 18.3 Å². The Morgan fingerprint density at radius 2 is 2.23 bits per heavy atom. The third-order valence-electron chi connectivity index (χ3n) is 3.86. The van der Waals surface area contributed by atoms with E-state index in [-0.39, 0.29) is 12.6 Å². The van der Waals surface area contributed by atoms with Gasteiger partial charge in [-0.15, -0.1) is 11.3 Å². The molecule has 0 spiro atoms. The van der Waals surface area contributed by atoms with Crippen molar-refractivity contribution in [3.05, 3.63) is 27.7 Å². The van der Waals surface area contributed by atoms with E-state index in [1.165, 1.54) is 0 Å². The number of hydrogen-bond donors (Lipinski definition) is 2. The van der Waals surface area contributed by atoms with Crippen molar-refractivity contribution in [3.8, 4) is 0 Å². The molecule has 0 amide bonds. The van der Waals surface area contributed by atoms with E-state index in [1.807, 2.05) is 18.5 Å². The second kappa shape index (κ2) is 7.60. The van der Waals surface area contributed by atoms with E-state index in [9.17, 15) is 13.2 Å². The topological polar surface area (TPSA) is 80.0 Å². The van der Waals surface area contributed by atoms with Crippen LogP contribution in [-0.2, 0) is 25.7 Å². The molecule has 2 N–H and O–H groups in total. The van der Waals surface area contributed by atoms with Crippen LogP contribution in [0.4, 0.5) is 13.2 Å². The molecule has 11 heteroatoms. The number of fused-ring (bicyclic) bond motifs is 1. The number of thiazole rings is 1. The van der Waals surface area contributed by atoms with Gasteiger partial charge in [0.05, 0.1) is 13.1 Å². The molecule has 1 aliphatic rings. The largest absolute Gasteiger partial charge is 0.434 e. The molecule has 0 aromatic carbocycles. The highest BCUT2D eigenvalue weighted by Crippen LogP contribution is 2.30. The van der Waals surface area contributed by atoms with Gasteiger partial charge in [-0.3, -0.25) is 0 Å². The predicted molar refractivity (Wildman–Crippen MR) is 91.9 cm³/mol. The molecule has 2 aromatic heterocycles. The maximum absolute atomic E-state index is 12.6. The van der Waals surface area contributed by atoms with Crippen molar-refractivity contribution in [1.29, 1.82) is 0 Å². The number of aryl methyl sites for hydroxylation is 2. The molecular formula is C15H20F3N7S. The van der Waals surface area contributed by atoms with Crippen molar-refractivity contribution < 1.29 is 13.2 Å². The van der Waals surface area contributed by atoms with Gasteiger partial charge in [0.2, 0.25) is 0 Å². The second-order valence-corrected chi connectivity index (χ2v) is 6.90. The third-order valence-corrected chi connectivity index (χ3v) is 4.70. The maximum Gasteiger partial charge on any atom is 0.434 e. The summed E-state index contributed by atoms with van der Waals surface area (Å²) in [5, 5.41) is 12.1. The normalized spacial score (nSPS) is 17.9. The smallest absolute Gasteiger partial charge is 0.357 e. The molecule has 2 aromatic rings. The van der Waals surface area contributed by atoms with Crippen LogP contribution in [0.5, 0.6) is 0 Å². The first-order valence-corrected chi connectivity index (χ1v) is 9.20. The van der Waals surface area contributed by atoms with E-state index in [2.05, 4.69) is 30.7 Å². The van der Waals surface area contributed by atoms with Crippen LogP contribution in [0.1, 0.15) is 35.7 Å². The summed E-state index contributed by atoms with van der Waals surface area (Å²) in [6.45, 7) is 5.22. The third kappa shape index (κ3) is 4.51. The summed E-state index contributed by atoms with van der Waals surface area (Å²) in [4.78, 5) is 12.3. The van der Waals surface area contributed by atoms with Crippen molar-refractivity contribution in [3.63, 3.8) is 0 Å². The molecule has 0 fully saturated rings. The van der Waals surface area contributed by atoms with E-state index >= 15 is 0 Å². The van der Waals surface area contributed by atoms with Crippen molar-refractivity contribution in [2.45, 2.75) is 52.0 Å². The number of aliphatic imine (C=N–C) groups is 1. The fourth-order valence-electron chi connectivity index (χ4n) is 2.73. The zero-order valence-corrected chi connectivity index (χ0v) is 15.3. The summed E-state index contributed by atoms with van der Waals surface area (Å²) in [6, 6.07) is 0.128. The van der Waals surface area contributed by atoms with Gasteiger partial charge in [0, 0.05) is 24.4 Å². The minimum Gasteiger partial charge on any atom is -0.357 e. The molecule has 1 aliphatic heterocycles. The standard InChI is InChI=1S/C15H20F3N7S/c1-3-19-14(20-6-13-23-11(8-26-13)15(16,17)18)22-10-4-5-12-21-9(2)24-25(12)7-10/h8,10H,3-7H2,1-2H3,(H2,19,20,22). The van der Waals surface area contributed by atoms with Gasteiger partial charge in [0.15, 0.2) is 11.7 Å². The fourth-order valence-corrected chi connectivity index (χ4v) is 3.45. The molecule has 1 unspecified atom stereocenters. The highest BCUT2D eigenvalue weighted by Gasteiger charge is 2.33. The Bertz CT molecular complexity index is 781. The van der Waals surface area contributed by atoms with Crippen molar-refractivity contribution >= 4 is 17.3 Å². The molecule has 1 atom stereocenters. The first kappa shape index (κ1) is 18.6. The first-order valence-electron chi connectivity index (χ1n) is 8.32. The monoisotopic (exact) mass is 387 g/mol. The van der Waals surface area contributed by atoms with Gasteiger partial charge >= 0.3 is 6.18 Å². The average Bonchev–Trinajstić information content (AvgIpc) is 3.17. The molecule has 142 valence electrons. The first-order chi connectivity index (χ1) is 12.3. The van der Waals surface area contributed by atoms with E-state index < -0.39 is 11.9 Å². The zero-order valence-electron chi connectivity index (χ0n) is 14.5. The molecular weight excluding hydrogens is 367 g/mol. The Hall–Kier alpha value is -2.17. The van der Waals surface area contributed by atoms with Crippen LogP contribution < -0.4 is 10.6 Å². The number of alkyl halides is 3. The quantitative estimate of drug-likeness (QED) is 0.621. The van der Waals surface area contributed by atoms with Crippen LogP contribution in [-0.4, -0.2) is 38.3 Å². The van der Waals surface area contributed by atoms with E-state index in [0.29, 0.717) is 24.1 Å². The molecule has 0 aliphatic carbocycles. The van der Waals surface area contributed by atoms with E-state index in [1.54, 1.807) is 0 Å². The number of nitrogens with zero attached hydrogens (tertiary/aromatic N) is 5. The van der Waals surface area contributed by atoms with Gasteiger partial charge in [0.1, 0.15) is 16.7 Å². The number of nitrogens with one attached hydrogen (secondary N) is 2. The van der Waals surface area contributed by atoms with Crippen molar-refractivity contribution in [2.75, 3.05) is 6.54 Å². The average molecular weight is 387 g/mol. The lowest BCUT2D eigenvalue weighted by molar-refractivity contribution is -0.140. The van der Waals surface area contributed by atoms with Crippen LogP contribution >= 0.6 is 11.3 Å². The lowest BCUT2D eigenvalue weighted by Gasteiger charge is -2.25. The van der Waals surface area contributed by atoms with Gasteiger partial charge in [-0.25, -0.2) is 19.6 Å². The van der Waals surface area contributed by atoms with E-state index in [0.717, 1.165) is 41.2 Å². The number of rotatable bonds is 4. The molecule has 0 saturated carbocycles. The van der Waals surface area contributed by atoms with Gasteiger partial charge < -0.3 is 10.6 Å². The van der Waals surface area contributed by atoms with Gasteiger partial charge in [0.25, 0.3) is 0 Å². The Morgan fingerprint density at radius 1 is 1.42 bits per heavy atom. The zero-order chi connectivity index (χ0) is 18.7. The summed E-state index contributed by atoms with van der Waals surface area (Å²) >= 11 is 0.960. The Labute approximate surface area is 152 Å². The fraction of sp³-hybridized carbons (Fsp3) is 0.600. The minimum absolute atomic E-state index is 0.0937. The van der Waals surface area contributed by atoms with Crippen LogP contribution in [0.15, 0.2) is 10.4 Å². The van der Waals surface area contributed by atoms with Crippen molar-refractivity contribution in [1.82, 2.24) is 30.4 Å². The summed E-state index contributed by atoms with van der Waals surface area (Å²) in [5.41, 5.74) is -0.868. The van der Waals surface area contributed by atoms with Crippen LogP contribution in [0.2, 0.25) is 0 Å². The summed E-state index contributed by atoms with van der Waals surface area (Å²) in [5.74, 6) is 2.29. The Balaban J connectivity index is 1.63.